The summed E-state index contributed by atoms with van der Waals surface area (Å²) < 4.78 is 31.7. The molecule has 2 aromatic carbocycles. The Kier molecular flexibility index (Phi) is 4.95. The summed E-state index contributed by atoms with van der Waals surface area (Å²) >= 11 is 6.08. The van der Waals surface area contributed by atoms with E-state index in [1.807, 2.05) is 0 Å². The standard InChI is InChI=1S/C17H13ClF2N4O/c1-25-15-5-3-11(9-12(15)18)22-16-6-7-21-17(24-16)23-14-4-2-10(19)8-13(14)20/h2-9H,1H3,(H2,21,22,23,24). The van der Waals surface area contributed by atoms with Crippen molar-refractivity contribution in [1.29, 1.82) is 0 Å². The number of anilines is 4. The van der Waals surface area contributed by atoms with Crippen LogP contribution in [0.2, 0.25) is 5.02 Å². The van der Waals surface area contributed by atoms with Crippen LogP contribution in [0.4, 0.5) is 31.9 Å². The molecule has 0 saturated carbocycles. The second-order valence-corrected chi connectivity index (χ2v) is 5.40. The second kappa shape index (κ2) is 7.31. The first-order chi connectivity index (χ1) is 12.0. The maximum absolute atomic E-state index is 13.7. The fraction of sp³-hybridized carbons (Fsp3) is 0.0588. The van der Waals surface area contributed by atoms with E-state index in [1.165, 1.54) is 19.4 Å². The lowest BCUT2D eigenvalue weighted by Gasteiger charge is -2.10. The minimum absolute atomic E-state index is 0.0750. The van der Waals surface area contributed by atoms with Gasteiger partial charge in [0, 0.05) is 18.0 Å². The van der Waals surface area contributed by atoms with E-state index in [0.717, 1.165) is 12.1 Å². The normalized spacial score (nSPS) is 10.4. The third-order valence-corrected chi connectivity index (χ3v) is 3.55. The zero-order valence-electron chi connectivity index (χ0n) is 13.1. The molecular weight excluding hydrogens is 350 g/mol. The van der Waals surface area contributed by atoms with Crippen molar-refractivity contribution in [3.05, 3.63) is 65.3 Å². The Hall–Kier alpha value is -2.93. The molecule has 3 aromatic rings. The van der Waals surface area contributed by atoms with Crippen LogP contribution < -0.4 is 15.4 Å². The van der Waals surface area contributed by atoms with Crippen LogP contribution in [0.5, 0.6) is 5.75 Å². The molecule has 0 aliphatic rings. The average molecular weight is 363 g/mol. The minimum Gasteiger partial charge on any atom is -0.495 e. The van der Waals surface area contributed by atoms with Crippen LogP contribution in [-0.2, 0) is 0 Å². The molecule has 0 aliphatic carbocycles. The lowest BCUT2D eigenvalue weighted by Crippen LogP contribution is -2.02. The van der Waals surface area contributed by atoms with E-state index in [-0.39, 0.29) is 11.6 Å². The van der Waals surface area contributed by atoms with Gasteiger partial charge in [0.2, 0.25) is 5.95 Å². The lowest BCUT2D eigenvalue weighted by molar-refractivity contribution is 0.415. The predicted molar refractivity (Wildman–Crippen MR) is 93.0 cm³/mol. The summed E-state index contributed by atoms with van der Waals surface area (Å²) in [5.41, 5.74) is 0.773. The summed E-state index contributed by atoms with van der Waals surface area (Å²) in [6.07, 6.45) is 1.50. The first-order valence-electron chi connectivity index (χ1n) is 7.21. The van der Waals surface area contributed by atoms with Crippen molar-refractivity contribution in [2.24, 2.45) is 0 Å². The molecule has 0 radical (unpaired) electrons. The Bertz CT molecular complexity index is 908. The van der Waals surface area contributed by atoms with Crippen molar-refractivity contribution in [2.75, 3.05) is 17.7 Å². The Morgan fingerprint density at radius 2 is 1.88 bits per heavy atom. The average Bonchev–Trinajstić information content (AvgIpc) is 2.58. The summed E-state index contributed by atoms with van der Waals surface area (Å²) in [4.78, 5) is 8.25. The maximum atomic E-state index is 13.7. The van der Waals surface area contributed by atoms with Gasteiger partial charge in [0.05, 0.1) is 17.8 Å². The molecule has 1 aromatic heterocycles. The van der Waals surface area contributed by atoms with Crippen molar-refractivity contribution < 1.29 is 13.5 Å². The Balaban J connectivity index is 1.78. The van der Waals surface area contributed by atoms with E-state index >= 15 is 0 Å². The molecule has 0 bridgehead atoms. The number of rotatable bonds is 5. The van der Waals surface area contributed by atoms with Crippen LogP contribution in [-0.4, -0.2) is 17.1 Å². The van der Waals surface area contributed by atoms with E-state index in [4.69, 9.17) is 16.3 Å². The Morgan fingerprint density at radius 1 is 1.04 bits per heavy atom. The molecule has 0 amide bonds. The van der Waals surface area contributed by atoms with Crippen molar-refractivity contribution in [3.63, 3.8) is 0 Å². The number of hydrogen-bond donors (Lipinski definition) is 2. The third-order valence-electron chi connectivity index (χ3n) is 3.26. The van der Waals surface area contributed by atoms with Crippen LogP contribution in [0.3, 0.4) is 0 Å². The molecule has 0 spiro atoms. The van der Waals surface area contributed by atoms with E-state index < -0.39 is 11.6 Å². The molecular formula is C17H13ClF2N4O. The molecule has 128 valence electrons. The number of benzene rings is 2. The second-order valence-electron chi connectivity index (χ2n) is 4.99. The molecule has 0 fully saturated rings. The lowest BCUT2D eigenvalue weighted by atomic mass is 10.3. The monoisotopic (exact) mass is 362 g/mol. The maximum Gasteiger partial charge on any atom is 0.229 e. The highest BCUT2D eigenvalue weighted by atomic mass is 35.5. The highest BCUT2D eigenvalue weighted by Gasteiger charge is 2.07. The van der Waals surface area contributed by atoms with Crippen LogP contribution in [0.1, 0.15) is 0 Å². The van der Waals surface area contributed by atoms with Crippen LogP contribution >= 0.6 is 11.6 Å². The molecule has 0 saturated heterocycles. The smallest absolute Gasteiger partial charge is 0.229 e. The van der Waals surface area contributed by atoms with Gasteiger partial charge in [-0.25, -0.2) is 13.8 Å². The van der Waals surface area contributed by atoms with Gasteiger partial charge in [-0.1, -0.05) is 11.6 Å². The molecule has 5 nitrogen and oxygen atoms in total. The highest BCUT2D eigenvalue weighted by molar-refractivity contribution is 6.32. The van der Waals surface area contributed by atoms with Gasteiger partial charge in [0.1, 0.15) is 23.2 Å². The number of halogens is 3. The van der Waals surface area contributed by atoms with Crippen molar-refractivity contribution >= 4 is 34.7 Å². The number of nitrogens with zero attached hydrogens (tertiary/aromatic N) is 2. The van der Waals surface area contributed by atoms with Crippen molar-refractivity contribution in [3.8, 4) is 5.75 Å². The summed E-state index contributed by atoms with van der Waals surface area (Å²) in [5, 5.41) is 6.22. The predicted octanol–water partition coefficient (Wildman–Crippen LogP) is 4.90. The quantitative estimate of drug-likeness (QED) is 0.675. The Morgan fingerprint density at radius 3 is 2.60 bits per heavy atom. The molecule has 0 unspecified atom stereocenters. The van der Waals surface area contributed by atoms with Gasteiger partial charge >= 0.3 is 0 Å². The van der Waals surface area contributed by atoms with E-state index in [1.54, 1.807) is 24.3 Å². The largest absolute Gasteiger partial charge is 0.495 e. The van der Waals surface area contributed by atoms with Crippen LogP contribution in [0.15, 0.2) is 48.7 Å². The number of hydrogen-bond acceptors (Lipinski definition) is 5. The molecule has 2 N–H and O–H groups in total. The number of ether oxygens (including phenoxy) is 1. The molecule has 1 heterocycles. The zero-order chi connectivity index (χ0) is 17.8. The summed E-state index contributed by atoms with van der Waals surface area (Å²) in [6, 6.07) is 10.0. The van der Waals surface area contributed by atoms with E-state index in [9.17, 15) is 8.78 Å². The van der Waals surface area contributed by atoms with Gasteiger partial charge in [-0.2, -0.15) is 4.98 Å². The summed E-state index contributed by atoms with van der Waals surface area (Å²) in [5.74, 6) is -0.194. The SMILES string of the molecule is COc1ccc(Nc2ccnc(Nc3ccc(F)cc3F)n2)cc1Cl. The van der Waals surface area contributed by atoms with Gasteiger partial charge in [-0.15, -0.1) is 0 Å². The first kappa shape index (κ1) is 16.9. The van der Waals surface area contributed by atoms with E-state index in [0.29, 0.717) is 22.3 Å². The van der Waals surface area contributed by atoms with Gasteiger partial charge in [0.15, 0.2) is 0 Å². The number of methoxy groups -OCH3 is 1. The molecule has 0 aliphatic heterocycles. The van der Waals surface area contributed by atoms with E-state index in [2.05, 4.69) is 20.6 Å². The summed E-state index contributed by atoms with van der Waals surface area (Å²) in [6.45, 7) is 0. The number of nitrogens with one attached hydrogen (secondary N) is 2. The topological polar surface area (TPSA) is 59.1 Å². The highest BCUT2D eigenvalue weighted by Crippen LogP contribution is 2.28. The molecule has 3 rings (SSSR count). The third kappa shape index (κ3) is 4.13. The molecule has 0 atom stereocenters. The first-order valence-corrected chi connectivity index (χ1v) is 7.58. The van der Waals surface area contributed by atoms with Crippen molar-refractivity contribution in [1.82, 2.24) is 9.97 Å². The van der Waals surface area contributed by atoms with Gasteiger partial charge < -0.3 is 15.4 Å². The van der Waals surface area contributed by atoms with Gasteiger partial charge in [-0.05, 0) is 36.4 Å². The molecule has 25 heavy (non-hydrogen) atoms. The van der Waals surface area contributed by atoms with Gasteiger partial charge in [0.25, 0.3) is 0 Å². The fourth-order valence-corrected chi connectivity index (χ4v) is 2.35. The van der Waals surface area contributed by atoms with Crippen LogP contribution in [0, 0.1) is 11.6 Å². The summed E-state index contributed by atoms with van der Waals surface area (Å²) in [7, 11) is 1.53. The minimum atomic E-state index is -0.733. The molecule has 8 heteroatoms. The van der Waals surface area contributed by atoms with Gasteiger partial charge in [-0.3, -0.25) is 0 Å². The van der Waals surface area contributed by atoms with Crippen molar-refractivity contribution in [2.45, 2.75) is 0 Å². The zero-order valence-corrected chi connectivity index (χ0v) is 13.8. The Labute approximate surface area is 147 Å². The number of aromatic nitrogens is 2. The fourth-order valence-electron chi connectivity index (χ4n) is 2.09. The van der Waals surface area contributed by atoms with Crippen LogP contribution in [0.25, 0.3) is 0 Å².